The van der Waals surface area contributed by atoms with Crippen molar-refractivity contribution in [3.63, 3.8) is 0 Å². The lowest BCUT2D eigenvalue weighted by Crippen LogP contribution is -2.52. The van der Waals surface area contributed by atoms with E-state index in [1.165, 1.54) is 0 Å². The van der Waals surface area contributed by atoms with Crippen LogP contribution < -0.4 is 4.90 Å². The van der Waals surface area contributed by atoms with Crippen molar-refractivity contribution in [3.8, 4) is 0 Å². The molecule has 0 bridgehead atoms. The highest BCUT2D eigenvalue weighted by molar-refractivity contribution is 6.03. The molecule has 2 aromatic carbocycles. The highest BCUT2D eigenvalue weighted by Gasteiger charge is 2.39. The summed E-state index contributed by atoms with van der Waals surface area (Å²) in [5.41, 5.74) is 2.31. The van der Waals surface area contributed by atoms with Gasteiger partial charge >= 0.3 is 5.97 Å². The third-order valence-electron chi connectivity index (χ3n) is 5.82. The molecule has 29 heavy (non-hydrogen) atoms. The van der Waals surface area contributed by atoms with Gasteiger partial charge in [0.1, 0.15) is 0 Å². The smallest absolute Gasteiger partial charge is 0.335 e. The third kappa shape index (κ3) is 4.85. The topological polar surface area (TPSA) is 60.9 Å². The number of anilines is 1. The number of ketones is 1. The van der Waals surface area contributed by atoms with E-state index in [9.17, 15) is 9.59 Å². The van der Waals surface area contributed by atoms with Crippen LogP contribution >= 0.6 is 0 Å². The molecule has 0 saturated carbocycles. The van der Waals surface area contributed by atoms with Gasteiger partial charge in [0, 0.05) is 24.3 Å². The van der Waals surface area contributed by atoms with Gasteiger partial charge < -0.3 is 10.0 Å². The highest BCUT2D eigenvalue weighted by atomic mass is 16.4. The Kier molecular flexibility index (Phi) is 7.57. The number of nitrogens with zero attached hydrogens (tertiary/aromatic N) is 2. The van der Waals surface area contributed by atoms with Gasteiger partial charge in [-0.05, 0) is 82.7 Å². The van der Waals surface area contributed by atoms with E-state index in [-0.39, 0.29) is 11.3 Å². The first kappa shape index (κ1) is 22.6. The van der Waals surface area contributed by atoms with Gasteiger partial charge in [0.2, 0.25) is 0 Å². The van der Waals surface area contributed by atoms with Crippen LogP contribution in [0.25, 0.3) is 0 Å². The summed E-state index contributed by atoms with van der Waals surface area (Å²) in [5, 5.41) is 9.11. The molecule has 0 aromatic heterocycles. The van der Waals surface area contributed by atoms with Crippen molar-refractivity contribution in [1.29, 1.82) is 0 Å². The van der Waals surface area contributed by atoms with Crippen LogP contribution in [-0.4, -0.2) is 54.5 Å². The quantitative estimate of drug-likeness (QED) is 0.605. The third-order valence-corrected chi connectivity index (χ3v) is 5.82. The Bertz CT molecular complexity index is 824. The second-order valence-corrected chi connectivity index (χ2v) is 7.51. The van der Waals surface area contributed by atoms with Crippen molar-refractivity contribution in [1.82, 2.24) is 4.90 Å². The molecule has 0 aliphatic rings. The maximum Gasteiger partial charge on any atom is 0.335 e. The molecule has 1 atom stereocenters. The van der Waals surface area contributed by atoms with E-state index in [2.05, 4.69) is 18.7 Å². The van der Waals surface area contributed by atoms with Crippen molar-refractivity contribution in [2.75, 3.05) is 32.1 Å². The number of carboxylic acid groups (broad SMARTS) is 1. The van der Waals surface area contributed by atoms with E-state index in [0.717, 1.165) is 24.3 Å². The minimum absolute atomic E-state index is 0.0819. The van der Waals surface area contributed by atoms with E-state index in [0.29, 0.717) is 18.4 Å². The normalized spacial score (nSPS) is 13.2. The lowest BCUT2D eigenvalue weighted by Gasteiger charge is -2.38. The van der Waals surface area contributed by atoms with Gasteiger partial charge in [-0.25, -0.2) is 4.79 Å². The van der Waals surface area contributed by atoms with E-state index in [1.807, 2.05) is 50.2 Å². The molecule has 2 aromatic rings. The molecule has 0 spiro atoms. The molecule has 5 heteroatoms. The molecule has 0 heterocycles. The lowest BCUT2D eigenvalue weighted by atomic mass is 9.80. The van der Waals surface area contributed by atoms with Gasteiger partial charge in [0.15, 0.2) is 5.78 Å². The second-order valence-electron chi connectivity index (χ2n) is 7.51. The Morgan fingerprint density at radius 1 is 0.862 bits per heavy atom. The number of hydrogen-bond donors (Lipinski definition) is 1. The minimum atomic E-state index is -0.949. The number of rotatable bonds is 10. The van der Waals surface area contributed by atoms with E-state index in [4.69, 9.17) is 5.11 Å². The monoisotopic (exact) mass is 396 g/mol. The fourth-order valence-electron chi connectivity index (χ4n) is 3.83. The van der Waals surface area contributed by atoms with Crippen LogP contribution in [0, 0.1) is 0 Å². The van der Waals surface area contributed by atoms with Gasteiger partial charge in [0.05, 0.1) is 11.1 Å². The first-order valence-corrected chi connectivity index (χ1v) is 10.2. The van der Waals surface area contributed by atoms with Crippen LogP contribution in [0.5, 0.6) is 0 Å². The summed E-state index contributed by atoms with van der Waals surface area (Å²) >= 11 is 0. The molecule has 156 valence electrons. The Balaban J connectivity index is 2.35. The molecule has 0 radical (unpaired) electrons. The van der Waals surface area contributed by atoms with E-state index >= 15 is 0 Å². The molecule has 0 saturated heterocycles. The first-order valence-electron chi connectivity index (χ1n) is 10.2. The zero-order chi connectivity index (χ0) is 21.6. The maximum atomic E-state index is 13.6. The summed E-state index contributed by atoms with van der Waals surface area (Å²) in [4.78, 5) is 28.9. The largest absolute Gasteiger partial charge is 0.478 e. The molecule has 1 unspecified atom stereocenters. The summed E-state index contributed by atoms with van der Waals surface area (Å²) in [6.07, 6.45) is 1.17. The molecule has 1 N–H and O–H groups in total. The summed E-state index contributed by atoms with van der Waals surface area (Å²) in [6, 6.07) is 14.6. The molecule has 0 fully saturated rings. The molecular formula is C24H32N2O3. The minimum Gasteiger partial charge on any atom is -0.478 e. The van der Waals surface area contributed by atoms with Gasteiger partial charge in [-0.2, -0.15) is 0 Å². The Morgan fingerprint density at radius 2 is 1.38 bits per heavy atom. The number of Topliss-reactive ketones (excluding diaryl/α,β-unsaturated/α-hetero) is 1. The van der Waals surface area contributed by atoms with Crippen molar-refractivity contribution in [2.45, 2.75) is 39.2 Å². The summed E-state index contributed by atoms with van der Waals surface area (Å²) in [7, 11) is 3.86. The average molecular weight is 397 g/mol. The first-order chi connectivity index (χ1) is 13.8. The van der Waals surface area contributed by atoms with Crippen LogP contribution in [-0.2, 0) is 6.42 Å². The Hall–Kier alpha value is -2.66. The number of carboxylic acids is 1. The number of hydrogen-bond acceptors (Lipinski definition) is 4. The SMILES string of the molecule is CCN(CC)c1ccc(C(=O)C(CC)(Cc2ccc(C(=O)O)cc2)N(C)C)cc1. The van der Waals surface area contributed by atoms with Crippen molar-refractivity contribution in [3.05, 3.63) is 65.2 Å². The number of carbonyl (C=O) groups is 2. The van der Waals surface area contributed by atoms with Crippen LogP contribution in [0.3, 0.4) is 0 Å². The maximum absolute atomic E-state index is 13.6. The molecule has 0 aliphatic heterocycles. The zero-order valence-electron chi connectivity index (χ0n) is 18.1. The van der Waals surface area contributed by atoms with E-state index in [1.54, 1.807) is 24.3 Å². The van der Waals surface area contributed by atoms with Crippen molar-refractivity contribution >= 4 is 17.4 Å². The fraction of sp³-hybridized carbons (Fsp3) is 0.417. The fourth-order valence-corrected chi connectivity index (χ4v) is 3.83. The molecule has 2 rings (SSSR count). The molecule has 5 nitrogen and oxygen atoms in total. The zero-order valence-corrected chi connectivity index (χ0v) is 18.1. The van der Waals surface area contributed by atoms with Crippen molar-refractivity contribution in [2.24, 2.45) is 0 Å². The van der Waals surface area contributed by atoms with Gasteiger partial charge in [-0.3, -0.25) is 9.69 Å². The highest BCUT2D eigenvalue weighted by Crippen LogP contribution is 2.29. The lowest BCUT2D eigenvalue weighted by molar-refractivity contribution is 0.0663. The second kappa shape index (κ2) is 9.70. The van der Waals surface area contributed by atoms with Gasteiger partial charge in [-0.1, -0.05) is 19.1 Å². The summed E-state index contributed by atoms with van der Waals surface area (Å²) < 4.78 is 0. The molecule has 0 aliphatic carbocycles. The van der Waals surface area contributed by atoms with E-state index < -0.39 is 11.5 Å². The summed E-state index contributed by atoms with van der Waals surface area (Å²) in [5.74, 6) is -0.867. The van der Waals surface area contributed by atoms with Crippen LogP contribution in [0.1, 0.15) is 53.5 Å². The number of benzene rings is 2. The standard InChI is InChI=1S/C24H32N2O3/c1-6-24(25(4)5,17-18-9-11-20(12-10-18)23(28)29)22(27)19-13-15-21(16-14-19)26(7-2)8-3/h9-16H,6-8,17H2,1-5H3,(H,28,29). The summed E-state index contributed by atoms with van der Waals surface area (Å²) in [6.45, 7) is 8.10. The Morgan fingerprint density at radius 3 is 1.79 bits per heavy atom. The van der Waals surface area contributed by atoms with Gasteiger partial charge in [-0.15, -0.1) is 0 Å². The van der Waals surface area contributed by atoms with Gasteiger partial charge in [0.25, 0.3) is 0 Å². The molecule has 0 amide bonds. The van der Waals surface area contributed by atoms with Crippen LogP contribution in [0.4, 0.5) is 5.69 Å². The van der Waals surface area contributed by atoms with Crippen LogP contribution in [0.15, 0.2) is 48.5 Å². The predicted octanol–water partition coefficient (Wildman–Crippen LogP) is 4.37. The van der Waals surface area contributed by atoms with Crippen LogP contribution in [0.2, 0.25) is 0 Å². The van der Waals surface area contributed by atoms with Crippen molar-refractivity contribution < 1.29 is 14.7 Å². The Labute approximate surface area is 174 Å². The number of aromatic carboxylic acids is 1. The molecular weight excluding hydrogens is 364 g/mol. The number of carbonyl (C=O) groups excluding carboxylic acids is 1. The number of likely N-dealkylation sites (N-methyl/N-ethyl adjacent to an activating group) is 1. The average Bonchev–Trinajstić information content (AvgIpc) is 2.73. The predicted molar refractivity (Wildman–Crippen MR) is 118 cm³/mol.